The summed E-state index contributed by atoms with van der Waals surface area (Å²) < 4.78 is 7.94. The summed E-state index contributed by atoms with van der Waals surface area (Å²) in [5.74, 6) is 0.927. The number of hydrogen-bond donors (Lipinski definition) is 0. The summed E-state index contributed by atoms with van der Waals surface area (Å²) in [6, 6.07) is 18.7. The van der Waals surface area contributed by atoms with Gasteiger partial charge in [-0.05, 0) is 42.5 Å². The lowest BCUT2D eigenvalue weighted by atomic mass is 10.1. The highest BCUT2D eigenvalue weighted by molar-refractivity contribution is 5.27. The fraction of sp³-hybridized carbons (Fsp3) is 0.250. The largest absolute Gasteiger partial charge is 0.489 e. The Morgan fingerprint density at radius 2 is 1.70 bits per heavy atom. The van der Waals surface area contributed by atoms with Crippen LogP contribution in [0, 0.1) is 0 Å². The normalized spacial score (nSPS) is 10.6. The van der Waals surface area contributed by atoms with Gasteiger partial charge in [-0.25, -0.2) is 4.98 Å². The molecule has 0 atom stereocenters. The number of aryl methyl sites for hydroxylation is 2. The van der Waals surface area contributed by atoms with E-state index < -0.39 is 0 Å². The van der Waals surface area contributed by atoms with Crippen LogP contribution in [0.2, 0.25) is 0 Å². The van der Waals surface area contributed by atoms with Crippen LogP contribution in [-0.2, 0) is 19.6 Å². The highest BCUT2D eigenvalue weighted by Crippen LogP contribution is 2.15. The summed E-state index contributed by atoms with van der Waals surface area (Å²) >= 11 is 0. The Hall–Kier alpha value is -2.55. The number of imidazole rings is 1. The lowest BCUT2D eigenvalue weighted by Gasteiger charge is -2.07. The zero-order chi connectivity index (χ0) is 15.7. The minimum atomic E-state index is 0.616. The minimum Gasteiger partial charge on any atom is -0.489 e. The van der Waals surface area contributed by atoms with Gasteiger partial charge in [0.2, 0.25) is 0 Å². The van der Waals surface area contributed by atoms with Crippen molar-refractivity contribution in [3.8, 4) is 5.75 Å². The quantitative estimate of drug-likeness (QED) is 0.574. The van der Waals surface area contributed by atoms with Crippen molar-refractivity contribution in [2.24, 2.45) is 0 Å². The number of nitrogens with zero attached hydrogens (tertiary/aromatic N) is 2. The number of benzene rings is 2. The summed E-state index contributed by atoms with van der Waals surface area (Å²) in [6.07, 6.45) is 9.17. The molecule has 3 heteroatoms. The molecule has 0 radical (unpaired) electrons. The molecule has 3 nitrogen and oxygen atoms in total. The van der Waals surface area contributed by atoms with Crippen LogP contribution in [0.5, 0.6) is 5.75 Å². The molecule has 0 aliphatic rings. The van der Waals surface area contributed by atoms with Crippen LogP contribution < -0.4 is 4.74 Å². The average Bonchev–Trinajstić information content (AvgIpc) is 3.12. The first kappa shape index (κ1) is 15.3. The Morgan fingerprint density at radius 3 is 2.43 bits per heavy atom. The van der Waals surface area contributed by atoms with Crippen LogP contribution in [0.25, 0.3) is 0 Å². The third kappa shape index (κ3) is 4.99. The number of ether oxygens (including phenoxy) is 1. The van der Waals surface area contributed by atoms with E-state index in [9.17, 15) is 0 Å². The molecule has 3 rings (SSSR count). The second-order valence-electron chi connectivity index (χ2n) is 5.68. The summed E-state index contributed by atoms with van der Waals surface area (Å²) in [5.41, 5.74) is 2.55. The summed E-state index contributed by atoms with van der Waals surface area (Å²) in [7, 11) is 0. The predicted octanol–water partition coefficient (Wildman–Crippen LogP) is 4.49. The summed E-state index contributed by atoms with van der Waals surface area (Å²) in [4.78, 5) is 4.06. The molecule has 0 bridgehead atoms. The second kappa shape index (κ2) is 8.18. The van der Waals surface area contributed by atoms with Crippen LogP contribution >= 0.6 is 0 Å². The highest BCUT2D eigenvalue weighted by Gasteiger charge is 1.98. The fourth-order valence-electron chi connectivity index (χ4n) is 2.54. The molecule has 0 amide bonds. The van der Waals surface area contributed by atoms with Gasteiger partial charge in [0.1, 0.15) is 12.4 Å². The highest BCUT2D eigenvalue weighted by atomic mass is 16.5. The lowest BCUT2D eigenvalue weighted by Crippen LogP contribution is -1.96. The van der Waals surface area contributed by atoms with Crippen molar-refractivity contribution in [3.05, 3.63) is 84.4 Å². The summed E-state index contributed by atoms with van der Waals surface area (Å²) in [6.45, 7) is 1.66. The van der Waals surface area contributed by atoms with Gasteiger partial charge in [0.05, 0.1) is 6.33 Å². The third-order valence-electron chi connectivity index (χ3n) is 3.86. The Bertz CT molecular complexity index is 675. The Kier molecular flexibility index (Phi) is 5.46. The second-order valence-corrected chi connectivity index (χ2v) is 5.68. The molecule has 1 heterocycles. The average molecular weight is 306 g/mol. The zero-order valence-corrected chi connectivity index (χ0v) is 13.3. The van der Waals surface area contributed by atoms with Crippen LogP contribution in [-0.4, -0.2) is 9.55 Å². The van der Waals surface area contributed by atoms with E-state index in [1.165, 1.54) is 24.0 Å². The first-order valence-electron chi connectivity index (χ1n) is 8.11. The molecule has 2 aromatic carbocycles. The van der Waals surface area contributed by atoms with Crippen molar-refractivity contribution in [2.75, 3.05) is 0 Å². The molecular weight excluding hydrogens is 284 g/mol. The maximum Gasteiger partial charge on any atom is 0.119 e. The third-order valence-corrected chi connectivity index (χ3v) is 3.86. The monoisotopic (exact) mass is 306 g/mol. The smallest absolute Gasteiger partial charge is 0.119 e. The number of rotatable bonds is 8. The van der Waals surface area contributed by atoms with Crippen LogP contribution in [0.3, 0.4) is 0 Å². The number of aromatic nitrogens is 2. The first-order chi connectivity index (χ1) is 11.4. The molecule has 0 unspecified atom stereocenters. The van der Waals surface area contributed by atoms with E-state index in [0.29, 0.717) is 6.61 Å². The van der Waals surface area contributed by atoms with Gasteiger partial charge >= 0.3 is 0 Å². The molecule has 0 fully saturated rings. The van der Waals surface area contributed by atoms with Crippen molar-refractivity contribution < 1.29 is 4.74 Å². The van der Waals surface area contributed by atoms with Gasteiger partial charge in [-0.15, -0.1) is 0 Å². The molecule has 1 aromatic heterocycles. The number of unbranched alkanes of at least 4 members (excludes halogenated alkanes) is 1. The Labute approximate surface area is 137 Å². The summed E-state index contributed by atoms with van der Waals surface area (Å²) in [5, 5.41) is 0. The maximum absolute atomic E-state index is 5.81. The van der Waals surface area contributed by atoms with Crippen molar-refractivity contribution in [1.29, 1.82) is 0 Å². The van der Waals surface area contributed by atoms with E-state index in [4.69, 9.17) is 4.74 Å². The van der Waals surface area contributed by atoms with E-state index >= 15 is 0 Å². The maximum atomic E-state index is 5.81. The van der Waals surface area contributed by atoms with E-state index in [1.807, 2.05) is 36.9 Å². The number of hydrogen-bond acceptors (Lipinski definition) is 2. The van der Waals surface area contributed by atoms with Gasteiger partial charge < -0.3 is 9.30 Å². The zero-order valence-electron chi connectivity index (χ0n) is 13.3. The van der Waals surface area contributed by atoms with Gasteiger partial charge in [0, 0.05) is 18.9 Å². The lowest BCUT2D eigenvalue weighted by molar-refractivity contribution is 0.306. The molecule has 0 saturated heterocycles. The van der Waals surface area contributed by atoms with Gasteiger partial charge in [0.25, 0.3) is 0 Å². The van der Waals surface area contributed by atoms with E-state index in [1.54, 1.807) is 0 Å². The van der Waals surface area contributed by atoms with Crippen LogP contribution in [0.1, 0.15) is 24.0 Å². The standard InChI is InChI=1S/C20H22N2O/c1-2-7-19(8-3-1)16-23-20-11-9-18(10-12-20)6-4-5-14-22-15-13-21-17-22/h1-3,7-13,15,17H,4-6,14,16H2. The molecule has 0 aliphatic carbocycles. The van der Waals surface area contributed by atoms with Crippen molar-refractivity contribution in [3.63, 3.8) is 0 Å². The van der Waals surface area contributed by atoms with Crippen LogP contribution in [0.15, 0.2) is 73.3 Å². The van der Waals surface area contributed by atoms with Gasteiger partial charge in [0.15, 0.2) is 0 Å². The molecular formula is C20H22N2O. The predicted molar refractivity (Wildman–Crippen MR) is 92.4 cm³/mol. The molecule has 118 valence electrons. The van der Waals surface area contributed by atoms with Gasteiger partial charge in [-0.3, -0.25) is 0 Å². The molecule has 0 aliphatic heterocycles. The van der Waals surface area contributed by atoms with Gasteiger partial charge in [-0.1, -0.05) is 42.5 Å². The Balaban J connectivity index is 1.40. The van der Waals surface area contributed by atoms with E-state index in [2.05, 4.69) is 45.9 Å². The van der Waals surface area contributed by atoms with Gasteiger partial charge in [-0.2, -0.15) is 0 Å². The van der Waals surface area contributed by atoms with E-state index in [0.717, 1.165) is 18.7 Å². The van der Waals surface area contributed by atoms with Crippen molar-refractivity contribution in [2.45, 2.75) is 32.4 Å². The SMILES string of the molecule is c1ccc(COc2ccc(CCCCn3ccnc3)cc2)cc1. The molecule has 23 heavy (non-hydrogen) atoms. The molecule has 0 spiro atoms. The fourth-order valence-corrected chi connectivity index (χ4v) is 2.54. The molecule has 3 aromatic rings. The topological polar surface area (TPSA) is 27.1 Å². The first-order valence-corrected chi connectivity index (χ1v) is 8.11. The van der Waals surface area contributed by atoms with E-state index in [-0.39, 0.29) is 0 Å². The minimum absolute atomic E-state index is 0.616. The van der Waals surface area contributed by atoms with Crippen LogP contribution in [0.4, 0.5) is 0 Å². The Morgan fingerprint density at radius 1 is 0.870 bits per heavy atom. The molecule has 0 saturated carbocycles. The van der Waals surface area contributed by atoms with Crippen molar-refractivity contribution in [1.82, 2.24) is 9.55 Å². The van der Waals surface area contributed by atoms with Crippen molar-refractivity contribution >= 4 is 0 Å². The molecule has 0 N–H and O–H groups in total.